The van der Waals surface area contributed by atoms with E-state index < -0.39 is 0 Å². The van der Waals surface area contributed by atoms with Crippen LogP contribution in [-0.4, -0.2) is 5.11 Å². The molecule has 0 aliphatic heterocycles. The zero-order valence-corrected chi connectivity index (χ0v) is 10.6. The van der Waals surface area contributed by atoms with E-state index in [0.29, 0.717) is 10.7 Å². The summed E-state index contributed by atoms with van der Waals surface area (Å²) in [6, 6.07) is 12.6. The third-order valence-electron chi connectivity index (χ3n) is 2.29. The Labute approximate surface area is 109 Å². The standard InChI is InChI=1S/C13H12ClNOS/c14-12-6-3-10(15)7-13(12)17-8-9-1-4-11(16)5-2-9/h1-7,16H,8,15H2. The number of phenols is 1. The van der Waals surface area contributed by atoms with Crippen LogP contribution in [0.2, 0.25) is 5.02 Å². The molecule has 0 amide bonds. The van der Waals surface area contributed by atoms with Crippen LogP contribution in [0, 0.1) is 0 Å². The van der Waals surface area contributed by atoms with Crippen molar-refractivity contribution in [3.63, 3.8) is 0 Å². The molecule has 0 unspecified atom stereocenters. The molecule has 0 heterocycles. The number of thioether (sulfide) groups is 1. The summed E-state index contributed by atoms with van der Waals surface area (Å²) >= 11 is 7.70. The predicted molar refractivity (Wildman–Crippen MR) is 73.5 cm³/mol. The molecule has 0 radical (unpaired) electrons. The highest BCUT2D eigenvalue weighted by atomic mass is 35.5. The molecule has 0 saturated heterocycles. The fourth-order valence-corrected chi connectivity index (χ4v) is 2.60. The maximum absolute atomic E-state index is 9.18. The van der Waals surface area contributed by atoms with Gasteiger partial charge >= 0.3 is 0 Å². The monoisotopic (exact) mass is 265 g/mol. The van der Waals surface area contributed by atoms with Crippen molar-refractivity contribution in [1.29, 1.82) is 0 Å². The number of benzene rings is 2. The van der Waals surface area contributed by atoms with Crippen LogP contribution in [0.1, 0.15) is 5.56 Å². The molecule has 2 aromatic rings. The molecule has 0 bridgehead atoms. The SMILES string of the molecule is Nc1ccc(Cl)c(SCc2ccc(O)cc2)c1. The van der Waals surface area contributed by atoms with Crippen LogP contribution < -0.4 is 5.73 Å². The summed E-state index contributed by atoms with van der Waals surface area (Å²) in [5.41, 5.74) is 7.55. The van der Waals surface area contributed by atoms with Crippen LogP contribution in [0.25, 0.3) is 0 Å². The smallest absolute Gasteiger partial charge is 0.115 e. The predicted octanol–water partition coefficient (Wildman–Crippen LogP) is 3.92. The third kappa shape index (κ3) is 3.32. The zero-order chi connectivity index (χ0) is 12.3. The summed E-state index contributed by atoms with van der Waals surface area (Å²) in [4.78, 5) is 0.972. The Hall–Kier alpha value is -1.32. The van der Waals surface area contributed by atoms with Crippen molar-refractivity contribution >= 4 is 29.1 Å². The van der Waals surface area contributed by atoms with Gasteiger partial charge in [0.2, 0.25) is 0 Å². The molecule has 0 saturated carbocycles. The lowest BCUT2D eigenvalue weighted by molar-refractivity contribution is 0.475. The molecule has 2 nitrogen and oxygen atoms in total. The number of rotatable bonds is 3. The first-order valence-corrected chi connectivity index (χ1v) is 6.47. The Kier molecular flexibility index (Phi) is 3.82. The quantitative estimate of drug-likeness (QED) is 0.653. The van der Waals surface area contributed by atoms with E-state index >= 15 is 0 Å². The van der Waals surface area contributed by atoms with Crippen LogP contribution in [0.5, 0.6) is 5.75 Å². The number of hydrogen-bond acceptors (Lipinski definition) is 3. The van der Waals surface area contributed by atoms with Crippen molar-refractivity contribution < 1.29 is 5.11 Å². The van der Waals surface area contributed by atoms with Crippen molar-refractivity contribution in [3.8, 4) is 5.75 Å². The molecule has 0 aliphatic carbocycles. The number of phenolic OH excluding ortho intramolecular Hbond substituents is 1. The van der Waals surface area contributed by atoms with Crippen LogP contribution in [0.4, 0.5) is 5.69 Å². The molecule has 88 valence electrons. The summed E-state index contributed by atoms with van der Waals surface area (Å²) in [7, 11) is 0. The lowest BCUT2D eigenvalue weighted by atomic mass is 10.2. The summed E-state index contributed by atoms with van der Waals surface area (Å²) in [6.45, 7) is 0. The summed E-state index contributed by atoms with van der Waals surface area (Å²) < 4.78 is 0. The Bertz CT molecular complexity index is 513. The van der Waals surface area contributed by atoms with Gasteiger partial charge in [-0.1, -0.05) is 23.7 Å². The van der Waals surface area contributed by atoms with Gasteiger partial charge in [0.1, 0.15) is 5.75 Å². The highest BCUT2D eigenvalue weighted by molar-refractivity contribution is 7.98. The van der Waals surface area contributed by atoms with E-state index in [4.69, 9.17) is 17.3 Å². The Morgan fingerprint density at radius 3 is 2.53 bits per heavy atom. The highest BCUT2D eigenvalue weighted by Gasteiger charge is 2.02. The molecule has 0 aromatic heterocycles. The number of nitrogen functional groups attached to an aromatic ring is 1. The summed E-state index contributed by atoms with van der Waals surface area (Å²) in [5.74, 6) is 1.07. The lowest BCUT2D eigenvalue weighted by Crippen LogP contribution is -1.86. The van der Waals surface area contributed by atoms with Gasteiger partial charge in [0.15, 0.2) is 0 Å². The summed E-state index contributed by atoms with van der Waals surface area (Å²) in [5, 5.41) is 9.89. The minimum absolute atomic E-state index is 0.278. The van der Waals surface area contributed by atoms with Crippen LogP contribution in [-0.2, 0) is 5.75 Å². The second-order valence-electron chi connectivity index (χ2n) is 3.64. The molecule has 2 rings (SSSR count). The number of nitrogens with two attached hydrogens (primary N) is 1. The van der Waals surface area contributed by atoms with E-state index in [9.17, 15) is 5.11 Å². The Morgan fingerprint density at radius 1 is 1.12 bits per heavy atom. The van der Waals surface area contributed by atoms with Crippen molar-refractivity contribution in [2.45, 2.75) is 10.6 Å². The van der Waals surface area contributed by atoms with Crippen LogP contribution >= 0.6 is 23.4 Å². The van der Waals surface area contributed by atoms with Gasteiger partial charge < -0.3 is 10.8 Å². The van der Waals surface area contributed by atoms with Gasteiger partial charge in [0.25, 0.3) is 0 Å². The molecule has 0 spiro atoms. The number of hydrogen-bond donors (Lipinski definition) is 2. The largest absolute Gasteiger partial charge is 0.508 e. The first kappa shape index (κ1) is 12.1. The van der Waals surface area contributed by atoms with Gasteiger partial charge in [-0.05, 0) is 35.9 Å². The van der Waals surface area contributed by atoms with E-state index in [1.165, 1.54) is 0 Å². The number of aromatic hydroxyl groups is 1. The molecular weight excluding hydrogens is 254 g/mol. The summed E-state index contributed by atoms with van der Waals surface area (Å²) in [6.07, 6.45) is 0. The van der Waals surface area contributed by atoms with Crippen molar-refractivity contribution in [2.24, 2.45) is 0 Å². The molecule has 3 N–H and O–H groups in total. The maximum atomic E-state index is 9.18. The maximum Gasteiger partial charge on any atom is 0.115 e. The fourth-order valence-electron chi connectivity index (χ4n) is 1.38. The topological polar surface area (TPSA) is 46.2 Å². The second kappa shape index (κ2) is 5.34. The van der Waals surface area contributed by atoms with Crippen molar-refractivity contribution in [2.75, 3.05) is 5.73 Å². The Balaban J connectivity index is 2.07. The molecule has 17 heavy (non-hydrogen) atoms. The minimum Gasteiger partial charge on any atom is -0.508 e. The van der Waals surface area contributed by atoms with Crippen LogP contribution in [0.3, 0.4) is 0 Å². The second-order valence-corrected chi connectivity index (χ2v) is 5.07. The van der Waals surface area contributed by atoms with E-state index in [1.807, 2.05) is 18.2 Å². The average molecular weight is 266 g/mol. The van der Waals surface area contributed by atoms with Gasteiger partial charge in [-0.3, -0.25) is 0 Å². The van der Waals surface area contributed by atoms with Gasteiger partial charge in [0.05, 0.1) is 5.02 Å². The van der Waals surface area contributed by atoms with Gasteiger partial charge in [-0.25, -0.2) is 0 Å². The zero-order valence-electron chi connectivity index (χ0n) is 9.06. The van der Waals surface area contributed by atoms with E-state index in [0.717, 1.165) is 16.2 Å². The van der Waals surface area contributed by atoms with E-state index in [-0.39, 0.29) is 5.75 Å². The number of anilines is 1. The lowest BCUT2D eigenvalue weighted by Gasteiger charge is -2.05. The van der Waals surface area contributed by atoms with Gasteiger partial charge in [-0.15, -0.1) is 11.8 Å². The normalized spacial score (nSPS) is 10.4. The third-order valence-corrected chi connectivity index (χ3v) is 3.85. The van der Waals surface area contributed by atoms with Gasteiger partial charge in [-0.2, -0.15) is 0 Å². The minimum atomic E-state index is 0.278. The van der Waals surface area contributed by atoms with Crippen molar-refractivity contribution in [1.82, 2.24) is 0 Å². The fraction of sp³-hybridized carbons (Fsp3) is 0.0769. The number of halogens is 1. The van der Waals surface area contributed by atoms with E-state index in [2.05, 4.69) is 0 Å². The molecule has 4 heteroatoms. The molecule has 0 atom stereocenters. The first-order valence-electron chi connectivity index (χ1n) is 5.11. The van der Waals surface area contributed by atoms with Gasteiger partial charge in [0, 0.05) is 16.3 Å². The average Bonchev–Trinajstić information content (AvgIpc) is 2.32. The highest BCUT2D eigenvalue weighted by Crippen LogP contribution is 2.31. The molecular formula is C13H12ClNOS. The van der Waals surface area contributed by atoms with Crippen LogP contribution in [0.15, 0.2) is 47.4 Å². The molecule has 0 aliphatic rings. The Morgan fingerprint density at radius 2 is 1.82 bits per heavy atom. The molecule has 0 fully saturated rings. The van der Waals surface area contributed by atoms with Crippen molar-refractivity contribution in [3.05, 3.63) is 53.1 Å². The molecule has 2 aromatic carbocycles. The first-order chi connectivity index (χ1) is 8.15. The van der Waals surface area contributed by atoms with E-state index in [1.54, 1.807) is 36.0 Å².